The topological polar surface area (TPSA) is 146 Å². The van der Waals surface area contributed by atoms with Gasteiger partial charge in [-0.15, -0.1) is 11.3 Å². The summed E-state index contributed by atoms with van der Waals surface area (Å²) < 4.78 is 5.64. The van der Waals surface area contributed by atoms with Crippen LogP contribution < -0.4 is 22.2 Å². The first-order valence-electron chi connectivity index (χ1n) is 16.5. The Morgan fingerprint density at radius 1 is 1.26 bits per heavy atom. The number of nitriles is 1. The van der Waals surface area contributed by atoms with Gasteiger partial charge in [-0.05, 0) is 86.6 Å². The predicted octanol–water partition coefficient (Wildman–Crippen LogP) is 7.55. The number of ether oxygens (including phenoxy) is 1. The number of carbonyl (C=O) groups excluding carboxylic acids is 1. The number of thiophene rings is 1. The lowest BCUT2D eigenvalue weighted by Gasteiger charge is -2.31. The number of amides is 1. The number of hydrazine groups is 1. The van der Waals surface area contributed by atoms with Gasteiger partial charge in [0.2, 0.25) is 0 Å². The van der Waals surface area contributed by atoms with Crippen molar-refractivity contribution in [2.45, 2.75) is 106 Å². The maximum atomic E-state index is 12.8. The third-order valence-corrected chi connectivity index (χ3v) is 8.96. The second kappa shape index (κ2) is 14.4. The zero-order valence-electron chi connectivity index (χ0n) is 29.5. The van der Waals surface area contributed by atoms with Crippen molar-refractivity contribution in [2.75, 3.05) is 23.7 Å². The molecule has 11 heteroatoms. The largest absolute Gasteiger partial charge is 0.444 e. The predicted molar refractivity (Wildman–Crippen MR) is 193 cm³/mol. The van der Waals surface area contributed by atoms with Crippen molar-refractivity contribution in [3.05, 3.63) is 62.7 Å². The first-order valence-corrected chi connectivity index (χ1v) is 17.4. The van der Waals surface area contributed by atoms with Crippen LogP contribution in [-0.4, -0.2) is 45.7 Å². The Balaban J connectivity index is 0.00000245. The number of fused-ring (bicyclic) bond motifs is 2. The maximum absolute atomic E-state index is 12.8. The Kier molecular flexibility index (Phi) is 11.0. The van der Waals surface area contributed by atoms with Gasteiger partial charge in [0.25, 0.3) is 0 Å². The lowest BCUT2D eigenvalue weighted by molar-refractivity contribution is 0.0226. The number of nitrogens with two attached hydrogens (primary N) is 2. The quantitative estimate of drug-likeness (QED) is 0.142. The molecule has 1 atom stereocenters. The third-order valence-electron chi connectivity index (χ3n) is 7.93. The molecular weight excluding hydrogens is 609 g/mol. The summed E-state index contributed by atoms with van der Waals surface area (Å²) in [6, 6.07) is 6.37. The van der Waals surface area contributed by atoms with Gasteiger partial charge in [-0.2, -0.15) is 5.26 Å². The highest BCUT2D eigenvalue weighted by Crippen LogP contribution is 2.38. The van der Waals surface area contributed by atoms with Crippen LogP contribution in [0.25, 0.3) is 10.9 Å². The van der Waals surface area contributed by atoms with E-state index in [9.17, 15) is 10.1 Å². The zero-order chi connectivity index (χ0) is 34.7. The van der Waals surface area contributed by atoms with Gasteiger partial charge in [-0.3, -0.25) is 4.98 Å². The monoisotopic (exact) mass is 660 g/mol. The van der Waals surface area contributed by atoms with Crippen molar-refractivity contribution < 1.29 is 9.53 Å². The van der Waals surface area contributed by atoms with Crippen molar-refractivity contribution in [3.8, 4) is 6.07 Å². The van der Waals surface area contributed by atoms with E-state index in [1.165, 1.54) is 5.56 Å². The Bertz CT molecular complexity index is 1660. The number of carbonyl (C=O) groups is 1. The molecule has 2 aromatic heterocycles. The molecule has 254 valence electrons. The Hall–Kier alpha value is -4.01. The van der Waals surface area contributed by atoms with Gasteiger partial charge in [0.1, 0.15) is 11.7 Å². The van der Waals surface area contributed by atoms with Crippen LogP contribution in [0.5, 0.6) is 0 Å². The molecule has 0 saturated heterocycles. The smallest absolute Gasteiger partial charge is 0.410 e. The number of hydrogen-bond donors (Lipinski definition) is 4. The van der Waals surface area contributed by atoms with Crippen molar-refractivity contribution in [3.63, 3.8) is 0 Å². The van der Waals surface area contributed by atoms with E-state index in [1.54, 1.807) is 27.4 Å². The van der Waals surface area contributed by atoms with E-state index in [0.717, 1.165) is 51.1 Å². The summed E-state index contributed by atoms with van der Waals surface area (Å²) in [6.07, 6.45) is 5.98. The van der Waals surface area contributed by atoms with Crippen molar-refractivity contribution in [1.82, 2.24) is 14.9 Å². The molecule has 1 aromatic carbocycles. The fraction of sp³-hybridized carbons (Fsp3) is 0.528. The van der Waals surface area contributed by atoms with E-state index in [1.807, 2.05) is 53.8 Å². The minimum Gasteiger partial charge on any atom is -0.444 e. The average Bonchev–Trinajstić information content (AvgIpc) is 3.78. The maximum Gasteiger partial charge on any atom is 0.410 e. The summed E-state index contributed by atoms with van der Waals surface area (Å²) in [5, 5.41) is 21.9. The summed E-state index contributed by atoms with van der Waals surface area (Å²) in [4.78, 5) is 20.4. The average molecular weight is 661 g/mol. The molecule has 0 spiro atoms. The van der Waals surface area contributed by atoms with Crippen molar-refractivity contribution in [2.24, 2.45) is 17.0 Å². The number of anilines is 2. The fourth-order valence-electron chi connectivity index (χ4n) is 5.50. The summed E-state index contributed by atoms with van der Waals surface area (Å²) in [6.45, 7) is 19.9. The van der Waals surface area contributed by atoms with Crippen molar-refractivity contribution >= 4 is 39.7 Å². The molecule has 1 amide bonds. The molecule has 10 nitrogen and oxygen atoms in total. The van der Waals surface area contributed by atoms with E-state index in [0.29, 0.717) is 43.4 Å². The highest BCUT2D eigenvalue weighted by molar-refractivity contribution is 7.10. The number of rotatable bonds is 8. The number of aromatic nitrogens is 1. The van der Waals surface area contributed by atoms with Crippen LogP contribution >= 0.6 is 11.3 Å². The summed E-state index contributed by atoms with van der Waals surface area (Å²) >= 11 is 1.63. The van der Waals surface area contributed by atoms with Crippen LogP contribution in [0, 0.1) is 23.7 Å². The van der Waals surface area contributed by atoms with Gasteiger partial charge in [0, 0.05) is 47.5 Å². The molecule has 3 aromatic rings. The van der Waals surface area contributed by atoms with Crippen molar-refractivity contribution in [1.29, 1.82) is 5.26 Å². The zero-order valence-corrected chi connectivity index (χ0v) is 30.3. The van der Waals surface area contributed by atoms with Gasteiger partial charge in [0.15, 0.2) is 0 Å². The first kappa shape index (κ1) is 35.8. The number of benzene rings is 1. The van der Waals surface area contributed by atoms with E-state index in [-0.39, 0.29) is 17.6 Å². The number of nitrogens with one attached hydrogen (secondary N) is 2. The number of pyridine rings is 1. The molecule has 1 saturated carbocycles. The molecule has 3 heterocycles. The lowest BCUT2D eigenvalue weighted by atomic mass is 9.95. The van der Waals surface area contributed by atoms with E-state index < -0.39 is 5.60 Å². The molecule has 6 N–H and O–H groups in total. The normalized spacial score (nSPS) is 15.6. The molecular formula is C36H52N8O2S. The van der Waals surface area contributed by atoms with E-state index in [2.05, 4.69) is 53.9 Å². The molecule has 2 aliphatic rings. The fourth-order valence-corrected chi connectivity index (χ4v) is 6.64. The second-order valence-corrected chi connectivity index (χ2v) is 15.4. The SMILES string of the molecule is CC.Cc1cc(NC(/C(N)=C/N(N)C2CC2)c2csc3c2CCN(C(=O)OC(C)(C)C)C3)cc2c(NCC(C)(C)C)c(C#N)cnc12. The Morgan fingerprint density at radius 3 is 2.57 bits per heavy atom. The third kappa shape index (κ3) is 8.87. The minimum atomic E-state index is -0.550. The minimum absolute atomic E-state index is 0.0182. The van der Waals surface area contributed by atoms with E-state index >= 15 is 0 Å². The molecule has 0 radical (unpaired) electrons. The van der Waals surface area contributed by atoms with Gasteiger partial charge in [0.05, 0.1) is 35.1 Å². The number of nitrogens with zero attached hydrogens (tertiary/aromatic N) is 4. The molecule has 1 fully saturated rings. The lowest BCUT2D eigenvalue weighted by Crippen LogP contribution is -2.39. The first-order chi connectivity index (χ1) is 22.1. The molecule has 5 rings (SSSR count). The molecule has 1 aliphatic carbocycles. The second-order valence-electron chi connectivity index (χ2n) is 14.4. The van der Waals surface area contributed by atoms with Crippen LogP contribution in [0.3, 0.4) is 0 Å². The summed E-state index contributed by atoms with van der Waals surface area (Å²) in [5.74, 6) is 6.37. The summed E-state index contributed by atoms with van der Waals surface area (Å²) in [5.41, 5.74) is 13.2. The van der Waals surface area contributed by atoms with Gasteiger partial charge >= 0.3 is 6.09 Å². The molecule has 1 aliphatic heterocycles. The standard InChI is InChI=1S/C34H46N8O2S.C2H6/c1-20-12-22(13-25-29(20)38-15-21(14-35)30(25)39-19-33(2,3)4)40-31(27(36)16-42(37)23-8-9-23)26-18-45-28-17-41(11-10-24(26)28)32(43)44-34(5,6)7;1-2/h12-13,15-16,18,23,31,40H,8-11,17,19,36-37H2,1-7H3,(H,38,39);1-2H3/b27-16-;. The Labute approximate surface area is 284 Å². The molecule has 1 unspecified atom stereocenters. The van der Waals surface area contributed by atoms with Gasteiger partial charge in [-0.1, -0.05) is 34.6 Å². The highest BCUT2D eigenvalue weighted by Gasteiger charge is 2.32. The van der Waals surface area contributed by atoms with Gasteiger partial charge in [-0.25, -0.2) is 10.6 Å². The number of hydrogen-bond acceptors (Lipinski definition) is 10. The van der Waals surface area contributed by atoms with Crippen LogP contribution in [-0.2, 0) is 17.7 Å². The summed E-state index contributed by atoms with van der Waals surface area (Å²) in [7, 11) is 0. The molecule has 0 bridgehead atoms. The van der Waals surface area contributed by atoms with Crippen LogP contribution in [0.4, 0.5) is 16.2 Å². The van der Waals surface area contributed by atoms with Gasteiger partial charge < -0.3 is 31.0 Å². The highest BCUT2D eigenvalue weighted by atomic mass is 32.1. The molecule has 47 heavy (non-hydrogen) atoms. The number of aryl methyl sites for hydroxylation is 1. The van der Waals surface area contributed by atoms with Crippen LogP contribution in [0.1, 0.15) is 101 Å². The van der Waals surface area contributed by atoms with E-state index in [4.69, 9.17) is 16.3 Å². The Morgan fingerprint density at radius 2 is 1.96 bits per heavy atom. The van der Waals surface area contributed by atoms with Crippen LogP contribution in [0.2, 0.25) is 0 Å². The van der Waals surface area contributed by atoms with Crippen LogP contribution in [0.15, 0.2) is 35.6 Å².